The number of carbonyl (C=O) groups excluding carboxylic acids is 12. The summed E-state index contributed by atoms with van der Waals surface area (Å²) in [5.41, 5.74) is 18.1. The molecule has 81 heavy (non-hydrogen) atoms. The minimum atomic E-state index is -1.82. The Labute approximate surface area is 472 Å². The molecule has 0 aromatic heterocycles. The lowest BCUT2D eigenvalue weighted by molar-refractivity contribution is -0.142. The van der Waals surface area contributed by atoms with Crippen LogP contribution in [0.15, 0.2) is 60.7 Å². The van der Waals surface area contributed by atoms with Gasteiger partial charge < -0.3 is 70.0 Å². The van der Waals surface area contributed by atoms with E-state index in [1.807, 2.05) is 13.8 Å². The molecule has 0 spiro atoms. The van der Waals surface area contributed by atoms with Crippen LogP contribution in [-0.4, -0.2) is 149 Å². The number of primary amides is 2. The van der Waals surface area contributed by atoms with Gasteiger partial charge in [0.15, 0.2) is 0 Å². The summed E-state index contributed by atoms with van der Waals surface area (Å²) in [7, 11) is 0. The predicted molar refractivity (Wildman–Crippen MR) is 298 cm³/mol. The summed E-state index contributed by atoms with van der Waals surface area (Å²) in [6, 6.07) is 3.11. The summed E-state index contributed by atoms with van der Waals surface area (Å²) in [5.74, 6) is -11.8. The number of carbonyl (C=O) groups is 12. The summed E-state index contributed by atoms with van der Waals surface area (Å²) in [5, 5.41) is 23.6. The Morgan fingerprint density at radius 2 is 0.889 bits per heavy atom. The zero-order valence-corrected chi connectivity index (χ0v) is 47.3. The van der Waals surface area contributed by atoms with Crippen LogP contribution in [0.1, 0.15) is 111 Å². The van der Waals surface area contributed by atoms with Crippen LogP contribution in [0.3, 0.4) is 0 Å². The maximum atomic E-state index is 14.5. The van der Waals surface area contributed by atoms with Crippen LogP contribution in [0.25, 0.3) is 0 Å². The van der Waals surface area contributed by atoms with Crippen LogP contribution in [0.2, 0.25) is 0 Å². The van der Waals surface area contributed by atoms with Gasteiger partial charge in [0.1, 0.15) is 60.4 Å². The molecule has 4 rings (SSSR count). The summed E-state index contributed by atoms with van der Waals surface area (Å²) >= 11 is 0. The third-order valence-corrected chi connectivity index (χ3v) is 13.7. The molecule has 2 aliphatic rings. The van der Waals surface area contributed by atoms with E-state index in [4.69, 9.17) is 17.2 Å². The minimum absolute atomic E-state index is 0.00269. The van der Waals surface area contributed by atoms with Crippen LogP contribution >= 0.6 is 0 Å². The largest absolute Gasteiger partial charge is 0.370 e. The van der Waals surface area contributed by atoms with E-state index < -0.39 is 150 Å². The van der Waals surface area contributed by atoms with Gasteiger partial charge in [0.2, 0.25) is 70.9 Å². The smallest absolute Gasteiger partial charge is 0.245 e. The van der Waals surface area contributed by atoms with Gasteiger partial charge in [-0.05, 0) is 80.9 Å². The molecule has 2 aliphatic heterocycles. The van der Waals surface area contributed by atoms with E-state index in [-0.39, 0.29) is 69.9 Å². The number of nitrogens with one attached hydrogen (secondary N) is 9. The highest BCUT2D eigenvalue weighted by Gasteiger charge is 2.41. The second kappa shape index (κ2) is 31.7. The highest BCUT2D eigenvalue weighted by atomic mass is 16.2. The van der Waals surface area contributed by atoms with Gasteiger partial charge in [0.25, 0.3) is 0 Å². The van der Waals surface area contributed by atoms with Crippen LogP contribution in [-0.2, 0) is 70.4 Å². The Morgan fingerprint density at radius 1 is 0.506 bits per heavy atom. The number of benzene rings is 2. The first-order chi connectivity index (χ1) is 38.3. The normalized spacial score (nSPS) is 25.7. The maximum Gasteiger partial charge on any atom is 0.245 e. The first-order valence-electron chi connectivity index (χ1n) is 27.7. The second-order valence-electron chi connectivity index (χ2n) is 22.0. The van der Waals surface area contributed by atoms with Gasteiger partial charge in [0, 0.05) is 19.4 Å². The second-order valence-corrected chi connectivity index (χ2v) is 22.0. The number of nitrogens with two attached hydrogens (primary N) is 3. The predicted octanol–water partition coefficient (Wildman–Crippen LogP) is -1.90. The van der Waals surface area contributed by atoms with Crippen LogP contribution in [0.5, 0.6) is 0 Å². The van der Waals surface area contributed by atoms with Gasteiger partial charge >= 0.3 is 0 Å². The molecule has 15 N–H and O–H groups in total. The first-order valence-corrected chi connectivity index (χ1v) is 27.7. The summed E-state index contributed by atoms with van der Waals surface area (Å²) in [6.07, 6.45) is -0.998. The molecule has 2 heterocycles. The average Bonchev–Trinajstić information content (AvgIpc) is 3.91. The molecule has 0 aliphatic carbocycles. The molecule has 0 unspecified atom stereocenters. The zero-order valence-electron chi connectivity index (χ0n) is 47.3. The SMILES string of the molecule is CC(C)C[C@@H]1NC(=O)[C@@H](Cc2ccccc2)NC(=O)[C@@H]2CCCN2C(=O)[C@H](C)NC(=O)[C@@H](CC(C)C)NC(=O)[C@H](CC(N)=O)NC(=O)[C@H](CC(N)=O)NC(=O)[C@H](Cc2ccccc2)NC(=O)[C@H](C(C)C)NC(=O)[C@H](CCCN)NC1=O. The van der Waals surface area contributed by atoms with Crippen molar-refractivity contribution in [2.75, 3.05) is 13.1 Å². The summed E-state index contributed by atoms with van der Waals surface area (Å²) in [4.78, 5) is 169. The number of amides is 12. The fourth-order valence-electron chi connectivity index (χ4n) is 9.54. The molecule has 0 radical (unpaired) electrons. The average molecular weight is 1130 g/mol. The first kappa shape index (κ1) is 65.6. The molecule has 0 bridgehead atoms. The minimum Gasteiger partial charge on any atom is -0.370 e. The Balaban J connectivity index is 1.84. The van der Waals surface area contributed by atoms with E-state index in [1.165, 1.54) is 11.8 Å². The van der Waals surface area contributed by atoms with Crippen molar-refractivity contribution >= 4 is 70.9 Å². The van der Waals surface area contributed by atoms with E-state index in [1.54, 1.807) is 88.4 Å². The molecule has 2 saturated heterocycles. The Bertz CT molecular complexity index is 2550. The van der Waals surface area contributed by atoms with E-state index in [9.17, 15) is 57.5 Å². The number of rotatable bonds is 16. The van der Waals surface area contributed by atoms with Gasteiger partial charge in [-0.25, -0.2) is 0 Å². The fraction of sp³-hybridized carbons (Fsp3) is 0.571. The van der Waals surface area contributed by atoms with Crippen molar-refractivity contribution in [3.05, 3.63) is 71.8 Å². The van der Waals surface area contributed by atoms with Crippen molar-refractivity contribution in [1.82, 2.24) is 52.8 Å². The molecule has 2 aromatic carbocycles. The molecule has 25 heteroatoms. The lowest BCUT2D eigenvalue weighted by Crippen LogP contribution is -2.62. The number of nitrogens with zero attached hydrogens (tertiary/aromatic N) is 1. The molecule has 0 saturated carbocycles. The summed E-state index contributed by atoms with van der Waals surface area (Å²) in [6.45, 7) is 12.0. The van der Waals surface area contributed by atoms with Gasteiger partial charge in [-0.2, -0.15) is 0 Å². The highest BCUT2D eigenvalue weighted by molar-refractivity contribution is 6.01. The third-order valence-electron chi connectivity index (χ3n) is 13.7. The van der Waals surface area contributed by atoms with Crippen LogP contribution in [0, 0.1) is 17.8 Å². The number of hydrogen-bond acceptors (Lipinski definition) is 13. The summed E-state index contributed by atoms with van der Waals surface area (Å²) < 4.78 is 0. The molecule has 25 nitrogen and oxygen atoms in total. The molecular formula is C56H83N13O12. The Hall–Kier alpha value is -7.96. The Morgan fingerprint density at radius 3 is 1.32 bits per heavy atom. The standard InChI is InChI=1S/C56H83N13O12/c1-30(2)24-37-48(73)60-33(7)56(81)69-23-15-21-43(69)54(79)66-39(26-34-16-10-8-11-17-34)50(75)63-38(25-31(3)4)49(74)61-36(20-14-22-57)47(72)68-46(32(5)6)55(80)67-40(27-35-18-12-9-13-19-35)51(76)64-42(29-45(59)71)53(78)65-41(28-44(58)70)52(77)62-37/h8-13,16-19,30-33,36-43,46H,14-15,20-29,57H2,1-7H3,(H2,58,70)(H2,59,71)(H,60,73)(H,61,74)(H,62,77)(H,63,75)(H,64,76)(H,65,78)(H,66,79)(H,67,80)(H,68,72)/t33-,36-,37+,38-,39+,40-,41-,42-,43-,46-/m0/s1. The Kier molecular flexibility index (Phi) is 25.7. The van der Waals surface area contributed by atoms with Crippen molar-refractivity contribution < 1.29 is 57.5 Å². The van der Waals surface area contributed by atoms with E-state index >= 15 is 0 Å². The highest BCUT2D eigenvalue weighted by Crippen LogP contribution is 2.20. The molecule has 10 atom stereocenters. The van der Waals surface area contributed by atoms with Crippen LogP contribution in [0.4, 0.5) is 0 Å². The van der Waals surface area contributed by atoms with Crippen molar-refractivity contribution in [3.8, 4) is 0 Å². The number of hydrogen-bond donors (Lipinski definition) is 12. The lowest BCUT2D eigenvalue weighted by atomic mass is 9.99. The van der Waals surface area contributed by atoms with Gasteiger partial charge in [-0.3, -0.25) is 57.5 Å². The van der Waals surface area contributed by atoms with Crippen molar-refractivity contribution in [2.24, 2.45) is 35.0 Å². The fourth-order valence-corrected chi connectivity index (χ4v) is 9.54. The van der Waals surface area contributed by atoms with Gasteiger partial charge in [-0.1, -0.05) is 102 Å². The molecule has 12 amide bonds. The monoisotopic (exact) mass is 1130 g/mol. The number of fused-ring (bicyclic) bond motifs is 1. The van der Waals surface area contributed by atoms with Crippen molar-refractivity contribution in [1.29, 1.82) is 0 Å². The maximum absolute atomic E-state index is 14.5. The van der Waals surface area contributed by atoms with Crippen LogP contribution < -0.4 is 65.1 Å². The van der Waals surface area contributed by atoms with Crippen molar-refractivity contribution in [2.45, 2.75) is 173 Å². The molecular weight excluding hydrogens is 1050 g/mol. The van der Waals surface area contributed by atoms with Gasteiger partial charge in [-0.15, -0.1) is 0 Å². The third kappa shape index (κ3) is 20.9. The topological polar surface area (TPSA) is 394 Å². The quantitative estimate of drug-likeness (QED) is 0.0875. The van der Waals surface area contributed by atoms with E-state index in [0.717, 1.165) is 0 Å². The molecule has 444 valence electrons. The molecule has 2 fully saturated rings. The van der Waals surface area contributed by atoms with Crippen molar-refractivity contribution in [3.63, 3.8) is 0 Å². The van der Waals surface area contributed by atoms with Gasteiger partial charge in [0.05, 0.1) is 12.8 Å². The molecule has 2 aromatic rings. The van der Waals surface area contributed by atoms with E-state index in [2.05, 4.69) is 47.9 Å². The lowest BCUT2D eigenvalue weighted by Gasteiger charge is -2.31. The zero-order chi connectivity index (χ0) is 60.1. The van der Waals surface area contributed by atoms with E-state index in [0.29, 0.717) is 17.5 Å².